The van der Waals surface area contributed by atoms with Gasteiger partial charge in [-0.05, 0) is 32.8 Å². The van der Waals surface area contributed by atoms with Crippen molar-refractivity contribution in [2.75, 3.05) is 6.54 Å². The maximum absolute atomic E-state index is 12.9. The fourth-order valence-corrected chi connectivity index (χ4v) is 2.93. The third-order valence-electron chi connectivity index (χ3n) is 3.94. The number of amides is 3. The van der Waals surface area contributed by atoms with E-state index >= 15 is 0 Å². The van der Waals surface area contributed by atoms with E-state index in [2.05, 4.69) is 15.9 Å². The van der Waals surface area contributed by atoms with Crippen molar-refractivity contribution < 1.29 is 19.1 Å². The van der Waals surface area contributed by atoms with Crippen molar-refractivity contribution >= 4 is 33.8 Å². The Bertz CT molecular complexity index is 672. The van der Waals surface area contributed by atoms with E-state index in [9.17, 15) is 14.4 Å². The molecule has 2 atom stereocenters. The van der Waals surface area contributed by atoms with Gasteiger partial charge in [0.2, 0.25) is 5.91 Å². The van der Waals surface area contributed by atoms with E-state index in [1.54, 1.807) is 20.8 Å². The molecule has 0 spiro atoms. The Hall–Kier alpha value is -1.89. The zero-order chi connectivity index (χ0) is 19.5. The number of ether oxygens (including phenoxy) is 1. The predicted molar refractivity (Wildman–Crippen MR) is 102 cm³/mol. The summed E-state index contributed by atoms with van der Waals surface area (Å²) in [5.74, 6) is -0.977. The van der Waals surface area contributed by atoms with Crippen molar-refractivity contribution in [1.82, 2.24) is 9.80 Å². The summed E-state index contributed by atoms with van der Waals surface area (Å²) in [6.45, 7) is 7.57. The molecule has 0 radical (unpaired) electrons. The zero-order valence-electron chi connectivity index (χ0n) is 15.6. The second kappa shape index (κ2) is 8.20. The molecule has 2 rings (SSSR count). The lowest BCUT2D eigenvalue weighted by Gasteiger charge is -2.26. The van der Waals surface area contributed by atoms with Crippen LogP contribution >= 0.6 is 15.9 Å². The van der Waals surface area contributed by atoms with Crippen molar-refractivity contribution in [2.24, 2.45) is 0 Å². The number of esters is 1. The molecule has 0 saturated carbocycles. The third-order valence-corrected chi connectivity index (χ3v) is 4.98. The number of hydrogen-bond donors (Lipinski definition) is 0. The number of rotatable bonds is 5. The molecule has 1 aromatic rings. The van der Waals surface area contributed by atoms with Crippen molar-refractivity contribution in [3.63, 3.8) is 0 Å². The van der Waals surface area contributed by atoms with Crippen LogP contribution < -0.4 is 0 Å². The molecule has 3 amide bonds. The van der Waals surface area contributed by atoms with E-state index in [4.69, 9.17) is 4.74 Å². The van der Waals surface area contributed by atoms with Crippen LogP contribution in [-0.4, -0.2) is 50.7 Å². The van der Waals surface area contributed by atoms with Crippen LogP contribution in [0.2, 0.25) is 0 Å². The van der Waals surface area contributed by atoms with Gasteiger partial charge in [-0.2, -0.15) is 0 Å². The summed E-state index contributed by atoms with van der Waals surface area (Å²) in [5, 5.41) is 0. The third kappa shape index (κ3) is 4.84. The molecule has 1 heterocycles. The van der Waals surface area contributed by atoms with E-state index in [0.29, 0.717) is 13.0 Å². The van der Waals surface area contributed by atoms with Gasteiger partial charge in [-0.3, -0.25) is 4.79 Å². The molecule has 6 nitrogen and oxygen atoms in total. The van der Waals surface area contributed by atoms with E-state index < -0.39 is 34.4 Å². The Morgan fingerprint density at radius 1 is 1.27 bits per heavy atom. The molecule has 1 aromatic carbocycles. The fraction of sp³-hybridized carbons (Fsp3) is 0.526. The number of carbonyl (C=O) groups excluding carboxylic acids is 3. The largest absolute Gasteiger partial charge is 0.458 e. The molecule has 1 fully saturated rings. The van der Waals surface area contributed by atoms with Gasteiger partial charge in [-0.15, -0.1) is 0 Å². The van der Waals surface area contributed by atoms with Gasteiger partial charge in [-0.25, -0.2) is 14.5 Å². The van der Waals surface area contributed by atoms with Crippen LogP contribution in [0.25, 0.3) is 0 Å². The predicted octanol–water partition coefficient (Wildman–Crippen LogP) is 3.33. The summed E-state index contributed by atoms with van der Waals surface area (Å²) in [4.78, 5) is 40.2. The smallest absolute Gasteiger partial charge is 0.331 e. The Morgan fingerprint density at radius 3 is 2.42 bits per heavy atom. The summed E-state index contributed by atoms with van der Waals surface area (Å²) < 4.78 is 5.44. The number of carbonyl (C=O) groups is 3. The molecule has 1 aliphatic heterocycles. The van der Waals surface area contributed by atoms with E-state index in [-0.39, 0.29) is 6.54 Å². The Morgan fingerprint density at radius 2 is 1.88 bits per heavy atom. The van der Waals surface area contributed by atoms with Gasteiger partial charge in [0.15, 0.2) is 6.04 Å². The molecule has 0 N–H and O–H groups in total. The van der Waals surface area contributed by atoms with Gasteiger partial charge in [0.1, 0.15) is 5.60 Å². The maximum atomic E-state index is 12.9. The fourth-order valence-electron chi connectivity index (χ4n) is 2.71. The molecule has 1 saturated heterocycles. The second-order valence-electron chi connectivity index (χ2n) is 7.28. The van der Waals surface area contributed by atoms with Crippen LogP contribution in [0.3, 0.4) is 0 Å². The molecular formula is C19H25BrN2O4. The van der Waals surface area contributed by atoms with Gasteiger partial charge in [0, 0.05) is 6.54 Å². The number of benzene rings is 1. The highest BCUT2D eigenvalue weighted by Gasteiger charge is 2.47. The lowest BCUT2D eigenvalue weighted by molar-refractivity contribution is -0.161. The number of urea groups is 1. The van der Waals surface area contributed by atoms with Gasteiger partial charge < -0.3 is 9.64 Å². The summed E-state index contributed by atoms with van der Waals surface area (Å²) in [6.07, 6.45) is 0.516. The Kier molecular flexibility index (Phi) is 6.44. The van der Waals surface area contributed by atoms with Crippen molar-refractivity contribution in [3.05, 3.63) is 35.9 Å². The number of alkyl halides is 1. The first kappa shape index (κ1) is 20.4. The lowest BCUT2D eigenvalue weighted by Crippen LogP contribution is -2.48. The first-order valence-electron chi connectivity index (χ1n) is 8.67. The van der Waals surface area contributed by atoms with Crippen LogP contribution in [0, 0.1) is 0 Å². The van der Waals surface area contributed by atoms with Crippen molar-refractivity contribution in [2.45, 2.75) is 57.1 Å². The lowest BCUT2D eigenvalue weighted by atomic mass is 10.1. The minimum absolute atomic E-state index is 0.123. The van der Waals surface area contributed by atoms with Crippen LogP contribution in [0.1, 0.15) is 39.7 Å². The van der Waals surface area contributed by atoms with E-state index in [1.165, 1.54) is 4.90 Å². The molecule has 26 heavy (non-hydrogen) atoms. The van der Waals surface area contributed by atoms with Crippen LogP contribution in [0.5, 0.6) is 0 Å². The molecule has 0 aliphatic carbocycles. The number of hydrogen-bond acceptors (Lipinski definition) is 4. The van der Waals surface area contributed by atoms with Gasteiger partial charge in [0.05, 0.1) is 11.4 Å². The molecule has 1 aliphatic rings. The van der Waals surface area contributed by atoms with Gasteiger partial charge in [-0.1, -0.05) is 53.2 Å². The highest BCUT2D eigenvalue weighted by Crippen LogP contribution is 2.24. The Balaban J connectivity index is 2.26. The molecule has 0 aromatic heterocycles. The highest BCUT2D eigenvalue weighted by atomic mass is 79.9. The standard InChI is InChI=1S/C19H25BrN2O4/c1-5-14(20)16(23)22-15(17(24)26-19(2,3)4)12-21(18(22)25)11-13-9-7-6-8-10-13/h6-10,14-15H,5,11-12H2,1-4H3/t14?,15-/m0/s1. The SMILES string of the molecule is CCC(Br)C(=O)N1C(=O)N(Cc2ccccc2)C[C@H]1C(=O)OC(C)(C)C. The summed E-state index contributed by atoms with van der Waals surface area (Å²) >= 11 is 3.29. The first-order valence-corrected chi connectivity index (χ1v) is 9.58. The molecular weight excluding hydrogens is 400 g/mol. The minimum atomic E-state index is -0.940. The topological polar surface area (TPSA) is 66.9 Å². The number of imide groups is 1. The number of halogens is 1. The zero-order valence-corrected chi connectivity index (χ0v) is 17.2. The molecule has 0 bridgehead atoms. The highest BCUT2D eigenvalue weighted by molar-refractivity contribution is 9.10. The maximum Gasteiger partial charge on any atom is 0.331 e. The first-order chi connectivity index (χ1) is 12.1. The monoisotopic (exact) mass is 424 g/mol. The summed E-state index contributed by atoms with van der Waals surface area (Å²) in [5.41, 5.74) is 0.240. The molecule has 1 unspecified atom stereocenters. The molecule has 142 valence electrons. The average molecular weight is 425 g/mol. The Labute approximate surface area is 162 Å². The van der Waals surface area contributed by atoms with E-state index in [0.717, 1.165) is 10.5 Å². The van der Waals surface area contributed by atoms with Gasteiger partial charge >= 0.3 is 12.0 Å². The minimum Gasteiger partial charge on any atom is -0.458 e. The van der Waals surface area contributed by atoms with Crippen LogP contribution in [-0.2, 0) is 20.9 Å². The van der Waals surface area contributed by atoms with Crippen LogP contribution in [0.4, 0.5) is 4.79 Å². The van der Waals surface area contributed by atoms with Gasteiger partial charge in [0.25, 0.3) is 0 Å². The van der Waals surface area contributed by atoms with Crippen molar-refractivity contribution in [1.29, 1.82) is 0 Å². The second-order valence-corrected chi connectivity index (χ2v) is 8.39. The van der Waals surface area contributed by atoms with E-state index in [1.807, 2.05) is 37.3 Å². The summed E-state index contributed by atoms with van der Waals surface area (Å²) in [6, 6.07) is 8.06. The molecule has 7 heteroatoms. The van der Waals surface area contributed by atoms with Crippen LogP contribution in [0.15, 0.2) is 30.3 Å². The summed E-state index contributed by atoms with van der Waals surface area (Å²) in [7, 11) is 0. The van der Waals surface area contributed by atoms with Crippen molar-refractivity contribution in [3.8, 4) is 0 Å². The average Bonchev–Trinajstić information content (AvgIpc) is 2.89. The normalized spacial score (nSPS) is 18.8. The quantitative estimate of drug-likeness (QED) is 0.536. The number of nitrogens with zero attached hydrogens (tertiary/aromatic N) is 2.